The third-order valence-corrected chi connectivity index (χ3v) is 1.93. The van der Waals surface area contributed by atoms with Gasteiger partial charge in [-0.2, -0.15) is 5.26 Å². The molecule has 0 aliphatic rings. The number of methoxy groups -OCH3 is 1. The minimum atomic E-state index is 0.398. The van der Waals surface area contributed by atoms with E-state index in [1.807, 2.05) is 12.1 Å². The molecule has 0 unspecified atom stereocenters. The third kappa shape index (κ3) is 3.08. The van der Waals surface area contributed by atoms with Gasteiger partial charge in [0.15, 0.2) is 0 Å². The summed E-state index contributed by atoms with van der Waals surface area (Å²) in [6.07, 6.45) is 2.19. The molecule has 0 heterocycles. The fourth-order valence-corrected chi connectivity index (χ4v) is 1.12. The first-order chi connectivity index (χ1) is 6.76. The van der Waals surface area contributed by atoms with E-state index < -0.39 is 0 Å². The maximum Gasteiger partial charge on any atom is 0.208 e. The first kappa shape index (κ1) is 10.6. The Labute approximate surface area is 87.6 Å². The number of nitrogens with zero attached hydrogens (tertiary/aromatic N) is 2. The van der Waals surface area contributed by atoms with Gasteiger partial charge in [0.25, 0.3) is 0 Å². The number of aliphatic imine (C=N–C) groups is 1. The molecule has 72 valence electrons. The summed E-state index contributed by atoms with van der Waals surface area (Å²) in [5, 5.41) is 9.04. The van der Waals surface area contributed by atoms with Gasteiger partial charge < -0.3 is 4.74 Å². The number of nitriles is 1. The summed E-state index contributed by atoms with van der Waals surface area (Å²) in [5.41, 5.74) is 1.00. The zero-order valence-electron chi connectivity index (χ0n) is 7.70. The first-order valence-corrected chi connectivity index (χ1v) is 4.38. The standard InChI is InChI=1S/C10H9ClN2O/c1-14-10(13-7-12)6-8-2-4-9(11)5-3-8/h2-5H,6H2,1H3. The van der Waals surface area contributed by atoms with Crippen LogP contribution in [0.5, 0.6) is 0 Å². The Hall–Kier alpha value is -1.53. The van der Waals surface area contributed by atoms with Gasteiger partial charge in [-0.15, -0.1) is 4.99 Å². The molecule has 0 aliphatic carbocycles. The van der Waals surface area contributed by atoms with Crippen LogP contribution in [-0.4, -0.2) is 13.0 Å². The van der Waals surface area contributed by atoms with Crippen LogP contribution in [0.2, 0.25) is 5.02 Å². The Balaban J connectivity index is 2.74. The van der Waals surface area contributed by atoms with Gasteiger partial charge >= 0.3 is 0 Å². The van der Waals surface area contributed by atoms with Crippen molar-refractivity contribution in [2.45, 2.75) is 6.42 Å². The zero-order chi connectivity index (χ0) is 10.4. The van der Waals surface area contributed by atoms with Gasteiger partial charge in [-0.05, 0) is 17.7 Å². The van der Waals surface area contributed by atoms with Gasteiger partial charge in [-0.3, -0.25) is 0 Å². The Morgan fingerprint density at radius 3 is 2.64 bits per heavy atom. The normalized spacial score (nSPS) is 10.8. The zero-order valence-corrected chi connectivity index (χ0v) is 8.45. The summed E-state index contributed by atoms with van der Waals surface area (Å²) in [6, 6.07) is 7.32. The summed E-state index contributed by atoms with van der Waals surface area (Å²) < 4.78 is 4.92. The van der Waals surface area contributed by atoms with Crippen molar-refractivity contribution in [3.63, 3.8) is 0 Å². The number of rotatable bonds is 2. The van der Waals surface area contributed by atoms with Crippen molar-refractivity contribution in [2.75, 3.05) is 7.11 Å². The van der Waals surface area contributed by atoms with Gasteiger partial charge in [0, 0.05) is 11.4 Å². The van der Waals surface area contributed by atoms with E-state index in [2.05, 4.69) is 4.99 Å². The van der Waals surface area contributed by atoms with E-state index in [4.69, 9.17) is 21.6 Å². The SMILES string of the molecule is COC(Cc1ccc(Cl)cc1)=NC#N. The molecule has 0 N–H and O–H groups in total. The molecule has 0 saturated carbocycles. The van der Waals surface area contributed by atoms with E-state index in [1.54, 1.807) is 18.3 Å². The predicted molar refractivity (Wildman–Crippen MR) is 55.2 cm³/mol. The second-order valence-electron chi connectivity index (χ2n) is 2.61. The lowest BCUT2D eigenvalue weighted by Gasteiger charge is -2.02. The Bertz CT molecular complexity index is 365. The predicted octanol–water partition coefficient (Wildman–Crippen LogP) is 2.41. The average molecular weight is 209 g/mol. The minimum Gasteiger partial charge on any atom is -0.483 e. The third-order valence-electron chi connectivity index (χ3n) is 1.68. The van der Waals surface area contributed by atoms with Gasteiger partial charge in [0.2, 0.25) is 12.1 Å². The molecule has 0 spiro atoms. The van der Waals surface area contributed by atoms with E-state index in [9.17, 15) is 0 Å². The van der Waals surface area contributed by atoms with Crippen molar-refractivity contribution in [2.24, 2.45) is 4.99 Å². The number of hydrogen-bond acceptors (Lipinski definition) is 3. The molecule has 0 fully saturated rings. The molecule has 1 aromatic carbocycles. The van der Waals surface area contributed by atoms with E-state index >= 15 is 0 Å². The van der Waals surface area contributed by atoms with Crippen LogP contribution in [0.1, 0.15) is 5.56 Å². The Morgan fingerprint density at radius 1 is 1.50 bits per heavy atom. The van der Waals surface area contributed by atoms with Crippen LogP contribution in [-0.2, 0) is 11.2 Å². The van der Waals surface area contributed by atoms with Crippen LogP contribution in [0, 0.1) is 11.5 Å². The second-order valence-corrected chi connectivity index (χ2v) is 3.05. The Morgan fingerprint density at radius 2 is 2.14 bits per heavy atom. The smallest absolute Gasteiger partial charge is 0.208 e. The maximum absolute atomic E-state index is 8.35. The lowest BCUT2D eigenvalue weighted by molar-refractivity contribution is 0.394. The monoisotopic (exact) mass is 208 g/mol. The highest BCUT2D eigenvalue weighted by Crippen LogP contribution is 2.10. The van der Waals surface area contributed by atoms with E-state index in [0.29, 0.717) is 17.3 Å². The van der Waals surface area contributed by atoms with Crippen molar-refractivity contribution in [1.29, 1.82) is 5.26 Å². The van der Waals surface area contributed by atoms with Crippen LogP contribution < -0.4 is 0 Å². The summed E-state index contributed by atoms with van der Waals surface area (Å²) in [7, 11) is 1.49. The van der Waals surface area contributed by atoms with Gasteiger partial charge in [-0.1, -0.05) is 23.7 Å². The molecule has 0 saturated heterocycles. The van der Waals surface area contributed by atoms with Gasteiger partial charge in [0.05, 0.1) is 7.11 Å². The van der Waals surface area contributed by atoms with Crippen LogP contribution in [0.25, 0.3) is 0 Å². The highest BCUT2D eigenvalue weighted by atomic mass is 35.5. The highest BCUT2D eigenvalue weighted by Gasteiger charge is 2.00. The van der Waals surface area contributed by atoms with Crippen LogP contribution in [0.4, 0.5) is 0 Å². The maximum atomic E-state index is 8.35. The molecule has 0 aromatic heterocycles. The Kier molecular flexibility index (Phi) is 3.96. The van der Waals surface area contributed by atoms with Crippen molar-refractivity contribution in [3.05, 3.63) is 34.9 Å². The summed E-state index contributed by atoms with van der Waals surface area (Å²) in [6.45, 7) is 0. The minimum absolute atomic E-state index is 0.398. The summed E-state index contributed by atoms with van der Waals surface area (Å²) in [5.74, 6) is 0.398. The van der Waals surface area contributed by atoms with E-state index in [0.717, 1.165) is 5.56 Å². The molecule has 0 radical (unpaired) electrons. The van der Waals surface area contributed by atoms with Crippen LogP contribution >= 0.6 is 11.6 Å². The molecule has 0 amide bonds. The van der Waals surface area contributed by atoms with Crippen molar-refractivity contribution < 1.29 is 4.74 Å². The fourth-order valence-electron chi connectivity index (χ4n) is 0.990. The van der Waals surface area contributed by atoms with Crippen molar-refractivity contribution in [1.82, 2.24) is 0 Å². The van der Waals surface area contributed by atoms with E-state index in [-0.39, 0.29) is 0 Å². The van der Waals surface area contributed by atoms with Gasteiger partial charge in [-0.25, -0.2) is 0 Å². The quantitative estimate of drug-likeness (QED) is 0.426. The molecular formula is C10H9ClN2O. The molecule has 1 aromatic rings. The van der Waals surface area contributed by atoms with Crippen molar-refractivity contribution >= 4 is 17.5 Å². The van der Waals surface area contributed by atoms with Crippen molar-refractivity contribution in [3.8, 4) is 6.19 Å². The second kappa shape index (κ2) is 5.25. The molecule has 4 heteroatoms. The lowest BCUT2D eigenvalue weighted by atomic mass is 10.1. The molecule has 0 bridgehead atoms. The van der Waals surface area contributed by atoms with Gasteiger partial charge in [0.1, 0.15) is 0 Å². The number of halogens is 1. The number of benzene rings is 1. The highest BCUT2D eigenvalue weighted by molar-refractivity contribution is 6.30. The average Bonchev–Trinajstić information content (AvgIpc) is 2.20. The fraction of sp³-hybridized carbons (Fsp3) is 0.200. The topological polar surface area (TPSA) is 45.4 Å². The van der Waals surface area contributed by atoms with E-state index in [1.165, 1.54) is 7.11 Å². The summed E-state index contributed by atoms with van der Waals surface area (Å²) >= 11 is 5.73. The molecule has 3 nitrogen and oxygen atoms in total. The number of hydrogen-bond donors (Lipinski definition) is 0. The van der Waals surface area contributed by atoms with Crippen LogP contribution in [0.3, 0.4) is 0 Å². The van der Waals surface area contributed by atoms with Crippen LogP contribution in [0.15, 0.2) is 29.3 Å². The molecule has 0 atom stereocenters. The number of ether oxygens (including phenoxy) is 1. The molecule has 1 rings (SSSR count). The lowest BCUT2D eigenvalue weighted by Crippen LogP contribution is -2.04. The largest absolute Gasteiger partial charge is 0.483 e. The molecular weight excluding hydrogens is 200 g/mol. The molecule has 14 heavy (non-hydrogen) atoms. The molecule has 0 aliphatic heterocycles. The first-order valence-electron chi connectivity index (χ1n) is 4.00. The summed E-state index contributed by atoms with van der Waals surface area (Å²) in [4.78, 5) is 3.53.